The number of nitrogens with zero attached hydrogens (tertiary/aromatic N) is 2. The number of rotatable bonds is 3. The Bertz CT molecular complexity index is 934. The number of fused-ring (bicyclic) bond motifs is 1. The Hall–Kier alpha value is -3.03. The van der Waals surface area contributed by atoms with Gasteiger partial charge in [-0.1, -0.05) is 13.8 Å². The van der Waals surface area contributed by atoms with Gasteiger partial charge in [0.2, 0.25) is 0 Å². The van der Waals surface area contributed by atoms with E-state index in [0.29, 0.717) is 5.69 Å². The molecule has 142 valence electrons. The Morgan fingerprint density at radius 3 is 2.70 bits per heavy atom. The highest BCUT2D eigenvalue weighted by Gasteiger charge is 2.36. The number of benzene rings is 1. The number of hydrogen-bond acceptors (Lipinski definition) is 4. The van der Waals surface area contributed by atoms with Gasteiger partial charge in [0, 0.05) is 29.3 Å². The molecular formula is C19H19F2N3O3. The SMILES string of the molecule is CCOC(=O)C1=CN(C(=O)c2ccc(F)c(F)c2)CC(C)(C)c2cn[nH]c21. The molecule has 0 saturated carbocycles. The third-order valence-corrected chi connectivity index (χ3v) is 4.41. The van der Waals surface area contributed by atoms with Gasteiger partial charge in [-0.15, -0.1) is 0 Å². The lowest BCUT2D eigenvalue weighted by Crippen LogP contribution is -2.36. The molecule has 0 unspecified atom stereocenters. The van der Waals surface area contributed by atoms with Crippen molar-refractivity contribution in [3.8, 4) is 0 Å². The van der Waals surface area contributed by atoms with Crippen LogP contribution in [-0.2, 0) is 14.9 Å². The minimum atomic E-state index is -1.11. The molecule has 1 amide bonds. The smallest absolute Gasteiger partial charge is 0.341 e. The van der Waals surface area contributed by atoms with Gasteiger partial charge in [-0.2, -0.15) is 5.10 Å². The van der Waals surface area contributed by atoms with Crippen molar-refractivity contribution < 1.29 is 23.1 Å². The van der Waals surface area contributed by atoms with Crippen molar-refractivity contribution in [1.29, 1.82) is 0 Å². The minimum absolute atomic E-state index is 0.0205. The van der Waals surface area contributed by atoms with E-state index >= 15 is 0 Å². The molecule has 0 radical (unpaired) electrons. The van der Waals surface area contributed by atoms with Crippen molar-refractivity contribution in [3.63, 3.8) is 0 Å². The summed E-state index contributed by atoms with van der Waals surface area (Å²) in [5.74, 6) is -3.31. The lowest BCUT2D eigenvalue weighted by atomic mass is 9.84. The maximum Gasteiger partial charge on any atom is 0.341 e. The monoisotopic (exact) mass is 375 g/mol. The van der Waals surface area contributed by atoms with Crippen molar-refractivity contribution >= 4 is 17.4 Å². The largest absolute Gasteiger partial charge is 0.462 e. The molecule has 27 heavy (non-hydrogen) atoms. The Labute approximate surface area is 154 Å². The Kier molecular flexibility index (Phi) is 4.82. The maximum atomic E-state index is 13.6. The molecule has 1 aliphatic heterocycles. The second-order valence-corrected chi connectivity index (χ2v) is 6.87. The fraction of sp³-hybridized carbons (Fsp3) is 0.316. The number of nitrogens with one attached hydrogen (secondary N) is 1. The van der Waals surface area contributed by atoms with Crippen LogP contribution in [0.15, 0.2) is 30.6 Å². The standard InChI is InChI=1S/C19H19F2N3O3/c1-4-27-18(26)12-9-24(10-19(2,3)13-8-22-23-16(12)13)17(25)11-5-6-14(20)15(21)7-11/h5-9H,4,10H2,1-3H3,(H,22,23). The quantitative estimate of drug-likeness (QED) is 0.837. The van der Waals surface area contributed by atoms with E-state index in [4.69, 9.17) is 4.74 Å². The lowest BCUT2D eigenvalue weighted by molar-refractivity contribution is -0.136. The summed E-state index contributed by atoms with van der Waals surface area (Å²) in [5.41, 5.74) is 0.793. The number of amides is 1. The van der Waals surface area contributed by atoms with Crippen LogP contribution in [0.5, 0.6) is 0 Å². The average molecular weight is 375 g/mol. The summed E-state index contributed by atoms with van der Waals surface area (Å²) in [6.07, 6.45) is 2.97. The van der Waals surface area contributed by atoms with Crippen LogP contribution in [0.1, 0.15) is 42.4 Å². The van der Waals surface area contributed by atoms with E-state index in [1.807, 2.05) is 13.8 Å². The van der Waals surface area contributed by atoms with Crippen LogP contribution < -0.4 is 0 Å². The molecule has 3 rings (SSSR count). The highest BCUT2D eigenvalue weighted by molar-refractivity contribution is 6.17. The molecule has 1 aromatic heterocycles. The van der Waals surface area contributed by atoms with E-state index in [1.54, 1.807) is 13.1 Å². The number of ether oxygens (including phenoxy) is 1. The Morgan fingerprint density at radius 2 is 2.04 bits per heavy atom. The highest BCUT2D eigenvalue weighted by atomic mass is 19.2. The molecule has 2 aromatic rings. The molecule has 1 aromatic carbocycles. The molecule has 0 bridgehead atoms. The van der Waals surface area contributed by atoms with Crippen LogP contribution in [0.4, 0.5) is 8.78 Å². The van der Waals surface area contributed by atoms with Crippen LogP contribution in [0.3, 0.4) is 0 Å². The first kappa shape index (κ1) is 18.8. The summed E-state index contributed by atoms with van der Waals surface area (Å²) in [6, 6.07) is 2.94. The Morgan fingerprint density at radius 1 is 1.30 bits per heavy atom. The second-order valence-electron chi connectivity index (χ2n) is 6.87. The zero-order chi connectivity index (χ0) is 19.8. The fourth-order valence-electron chi connectivity index (χ4n) is 3.07. The van der Waals surface area contributed by atoms with Gasteiger partial charge < -0.3 is 9.64 Å². The van der Waals surface area contributed by atoms with Gasteiger partial charge in [-0.25, -0.2) is 13.6 Å². The zero-order valence-electron chi connectivity index (χ0n) is 15.2. The molecule has 0 saturated heterocycles. The van der Waals surface area contributed by atoms with Gasteiger partial charge in [0.25, 0.3) is 5.91 Å². The number of hydrogen-bond donors (Lipinski definition) is 1. The predicted octanol–water partition coefficient (Wildman–Crippen LogP) is 3.03. The molecule has 0 atom stereocenters. The number of aromatic nitrogens is 2. The molecule has 2 heterocycles. The van der Waals surface area contributed by atoms with Crippen LogP contribution >= 0.6 is 0 Å². The van der Waals surface area contributed by atoms with E-state index in [9.17, 15) is 18.4 Å². The van der Waals surface area contributed by atoms with E-state index in [0.717, 1.165) is 17.7 Å². The number of esters is 1. The van der Waals surface area contributed by atoms with Gasteiger partial charge in [-0.05, 0) is 25.1 Å². The minimum Gasteiger partial charge on any atom is -0.462 e. The predicted molar refractivity (Wildman–Crippen MR) is 93.6 cm³/mol. The first-order valence-electron chi connectivity index (χ1n) is 8.43. The summed E-state index contributed by atoms with van der Waals surface area (Å²) >= 11 is 0. The molecule has 1 N–H and O–H groups in total. The van der Waals surface area contributed by atoms with Gasteiger partial charge in [0.1, 0.15) is 5.57 Å². The summed E-state index contributed by atoms with van der Waals surface area (Å²) in [7, 11) is 0. The van der Waals surface area contributed by atoms with Crippen molar-refractivity contribution in [3.05, 3.63) is 59.1 Å². The third-order valence-electron chi connectivity index (χ3n) is 4.41. The van der Waals surface area contributed by atoms with Crippen molar-refractivity contribution in [2.75, 3.05) is 13.2 Å². The van der Waals surface area contributed by atoms with Crippen molar-refractivity contribution in [2.45, 2.75) is 26.2 Å². The molecule has 1 aliphatic rings. The fourth-order valence-corrected chi connectivity index (χ4v) is 3.07. The zero-order valence-corrected chi connectivity index (χ0v) is 15.2. The second kappa shape index (κ2) is 6.94. The van der Waals surface area contributed by atoms with Crippen LogP contribution in [-0.4, -0.2) is 40.1 Å². The summed E-state index contributed by atoms with van der Waals surface area (Å²) in [4.78, 5) is 26.7. The topological polar surface area (TPSA) is 75.3 Å². The number of aromatic amines is 1. The maximum absolute atomic E-state index is 13.6. The summed E-state index contributed by atoms with van der Waals surface area (Å²) < 4.78 is 31.9. The van der Waals surface area contributed by atoms with E-state index in [-0.39, 0.29) is 24.3 Å². The Balaban J connectivity index is 2.08. The van der Waals surface area contributed by atoms with E-state index in [1.165, 1.54) is 17.2 Å². The first-order valence-corrected chi connectivity index (χ1v) is 8.43. The summed E-state index contributed by atoms with van der Waals surface area (Å²) in [6.45, 7) is 5.85. The lowest BCUT2D eigenvalue weighted by Gasteiger charge is -2.28. The molecule has 6 nitrogen and oxygen atoms in total. The first-order chi connectivity index (χ1) is 12.7. The van der Waals surface area contributed by atoms with Crippen LogP contribution in [0.25, 0.3) is 5.57 Å². The number of carbonyl (C=O) groups is 2. The van der Waals surface area contributed by atoms with Crippen molar-refractivity contribution in [2.24, 2.45) is 0 Å². The van der Waals surface area contributed by atoms with Crippen LogP contribution in [0, 0.1) is 11.6 Å². The third kappa shape index (κ3) is 3.47. The molecule has 0 fully saturated rings. The van der Waals surface area contributed by atoms with Gasteiger partial charge >= 0.3 is 5.97 Å². The molecule has 0 aliphatic carbocycles. The molecule has 8 heteroatoms. The van der Waals surface area contributed by atoms with Gasteiger partial charge in [-0.3, -0.25) is 9.89 Å². The van der Waals surface area contributed by atoms with Gasteiger partial charge in [0.15, 0.2) is 11.6 Å². The molecule has 0 spiro atoms. The highest BCUT2D eigenvalue weighted by Crippen LogP contribution is 2.34. The van der Waals surface area contributed by atoms with Crippen LogP contribution in [0.2, 0.25) is 0 Å². The average Bonchev–Trinajstić information content (AvgIpc) is 3.07. The number of H-pyrrole nitrogens is 1. The summed E-state index contributed by atoms with van der Waals surface area (Å²) in [5, 5.41) is 6.81. The molecular weight excluding hydrogens is 356 g/mol. The van der Waals surface area contributed by atoms with E-state index in [2.05, 4.69) is 10.2 Å². The normalized spacial score (nSPS) is 15.6. The number of halogens is 2. The number of carbonyl (C=O) groups excluding carboxylic acids is 2. The van der Waals surface area contributed by atoms with E-state index < -0.39 is 28.9 Å². The van der Waals surface area contributed by atoms with Crippen molar-refractivity contribution in [1.82, 2.24) is 15.1 Å². The van der Waals surface area contributed by atoms with Gasteiger partial charge in [0.05, 0.1) is 18.5 Å².